The van der Waals surface area contributed by atoms with Crippen molar-refractivity contribution in [2.24, 2.45) is 0 Å². The summed E-state index contributed by atoms with van der Waals surface area (Å²) < 4.78 is 31.6. The summed E-state index contributed by atoms with van der Waals surface area (Å²) in [5.74, 6) is 0.451. The van der Waals surface area contributed by atoms with E-state index in [2.05, 4.69) is 9.88 Å². The molecule has 0 saturated heterocycles. The van der Waals surface area contributed by atoms with Crippen LogP contribution in [0.3, 0.4) is 0 Å². The van der Waals surface area contributed by atoms with Gasteiger partial charge in [0.2, 0.25) is 0 Å². The van der Waals surface area contributed by atoms with Crippen LogP contribution in [0.5, 0.6) is 5.75 Å². The van der Waals surface area contributed by atoms with Gasteiger partial charge in [0.05, 0.1) is 17.1 Å². The molecule has 0 aliphatic carbocycles. The maximum atomic E-state index is 12.8. The van der Waals surface area contributed by atoms with E-state index in [4.69, 9.17) is 16.3 Å². The molecular formula is C20H19ClN2O3S2. The molecule has 2 heterocycles. The van der Waals surface area contributed by atoms with Crippen molar-refractivity contribution in [1.29, 1.82) is 0 Å². The van der Waals surface area contributed by atoms with E-state index in [0.717, 1.165) is 16.9 Å². The molecule has 0 N–H and O–H groups in total. The standard InChI is InChI=1S/C20H19ClN2O3S2/c1-13-9-15(21)3-5-17(13)23-11-14(2)26-19-10-16(4-6-18(19)23)28(24,25)12-20-22-7-8-27-20/h3-10,14H,11-12H2,1-2H3/t14-/m1/s1. The lowest BCUT2D eigenvalue weighted by Gasteiger charge is -2.36. The number of fused-ring (bicyclic) bond motifs is 1. The molecule has 0 bridgehead atoms. The molecule has 0 saturated carbocycles. The molecule has 1 atom stereocenters. The number of aryl methyl sites for hydroxylation is 1. The highest BCUT2D eigenvalue weighted by atomic mass is 35.5. The third kappa shape index (κ3) is 3.74. The summed E-state index contributed by atoms with van der Waals surface area (Å²) in [5.41, 5.74) is 2.92. The van der Waals surface area contributed by atoms with Crippen LogP contribution in [0.15, 0.2) is 52.9 Å². The van der Waals surface area contributed by atoms with E-state index in [0.29, 0.717) is 22.3 Å². The Labute approximate surface area is 173 Å². The van der Waals surface area contributed by atoms with Crippen molar-refractivity contribution >= 4 is 44.1 Å². The van der Waals surface area contributed by atoms with Crippen LogP contribution in [0.2, 0.25) is 5.02 Å². The molecule has 4 rings (SSSR count). The summed E-state index contributed by atoms with van der Waals surface area (Å²) in [6.07, 6.45) is 1.53. The van der Waals surface area contributed by atoms with E-state index in [9.17, 15) is 8.42 Å². The van der Waals surface area contributed by atoms with Gasteiger partial charge in [0.1, 0.15) is 22.6 Å². The Kier molecular flexibility index (Phi) is 5.07. The van der Waals surface area contributed by atoms with E-state index in [1.165, 1.54) is 11.3 Å². The molecule has 146 valence electrons. The maximum absolute atomic E-state index is 12.8. The Morgan fingerprint density at radius 3 is 2.75 bits per heavy atom. The average molecular weight is 435 g/mol. The molecular weight excluding hydrogens is 416 g/mol. The Balaban J connectivity index is 1.73. The van der Waals surface area contributed by atoms with Crippen molar-refractivity contribution in [3.63, 3.8) is 0 Å². The average Bonchev–Trinajstić information content (AvgIpc) is 3.13. The molecule has 8 heteroatoms. The summed E-state index contributed by atoms with van der Waals surface area (Å²) in [6, 6.07) is 10.8. The largest absolute Gasteiger partial charge is 0.487 e. The third-order valence-corrected chi connectivity index (χ3v) is 7.42. The minimum absolute atomic E-state index is 0.0838. The normalized spacial score (nSPS) is 16.5. The van der Waals surface area contributed by atoms with Gasteiger partial charge in [-0.1, -0.05) is 11.6 Å². The highest BCUT2D eigenvalue weighted by Crippen LogP contribution is 2.41. The molecule has 0 amide bonds. The molecule has 5 nitrogen and oxygen atoms in total. The van der Waals surface area contributed by atoms with Crippen molar-refractivity contribution in [2.75, 3.05) is 11.4 Å². The van der Waals surface area contributed by atoms with Crippen LogP contribution in [0.4, 0.5) is 11.4 Å². The van der Waals surface area contributed by atoms with Crippen LogP contribution in [0, 0.1) is 6.92 Å². The molecule has 3 aromatic rings. The number of anilines is 2. The molecule has 0 spiro atoms. The summed E-state index contributed by atoms with van der Waals surface area (Å²) in [5, 5.41) is 3.03. The zero-order valence-electron chi connectivity index (χ0n) is 15.4. The molecule has 0 radical (unpaired) electrons. The van der Waals surface area contributed by atoms with Gasteiger partial charge in [-0.25, -0.2) is 13.4 Å². The van der Waals surface area contributed by atoms with E-state index in [-0.39, 0.29) is 16.8 Å². The first-order chi connectivity index (χ1) is 13.3. The zero-order valence-corrected chi connectivity index (χ0v) is 17.8. The molecule has 2 aromatic carbocycles. The fraction of sp³-hybridized carbons (Fsp3) is 0.250. The second-order valence-electron chi connectivity index (χ2n) is 6.78. The summed E-state index contributed by atoms with van der Waals surface area (Å²) >= 11 is 7.43. The number of thiazole rings is 1. The first-order valence-electron chi connectivity index (χ1n) is 8.79. The molecule has 1 aromatic heterocycles. The number of halogens is 1. The van der Waals surface area contributed by atoms with Gasteiger partial charge >= 0.3 is 0 Å². The van der Waals surface area contributed by atoms with Crippen LogP contribution in [0.1, 0.15) is 17.5 Å². The quantitative estimate of drug-likeness (QED) is 0.578. The number of sulfone groups is 1. The van der Waals surface area contributed by atoms with Crippen LogP contribution < -0.4 is 9.64 Å². The lowest BCUT2D eigenvalue weighted by Crippen LogP contribution is -2.35. The van der Waals surface area contributed by atoms with Gasteiger partial charge < -0.3 is 9.64 Å². The summed E-state index contributed by atoms with van der Waals surface area (Å²) in [7, 11) is -3.50. The fourth-order valence-corrected chi connectivity index (χ4v) is 5.83. The van der Waals surface area contributed by atoms with E-state index in [1.54, 1.807) is 23.7 Å². The third-order valence-electron chi connectivity index (χ3n) is 4.60. The molecule has 0 fully saturated rings. The molecule has 1 aliphatic rings. The second-order valence-corrected chi connectivity index (χ2v) is 10.2. The smallest absolute Gasteiger partial charge is 0.185 e. The Morgan fingerprint density at radius 2 is 2.04 bits per heavy atom. The maximum Gasteiger partial charge on any atom is 0.185 e. The molecule has 0 unspecified atom stereocenters. The van der Waals surface area contributed by atoms with Crippen molar-refractivity contribution in [3.8, 4) is 5.75 Å². The number of ether oxygens (including phenoxy) is 1. The Bertz CT molecular complexity index is 1110. The topological polar surface area (TPSA) is 59.5 Å². The fourth-order valence-electron chi connectivity index (χ4n) is 3.33. The summed E-state index contributed by atoms with van der Waals surface area (Å²) in [4.78, 5) is 6.47. The lowest BCUT2D eigenvalue weighted by atomic mass is 10.1. The number of benzene rings is 2. The number of aromatic nitrogens is 1. The van der Waals surface area contributed by atoms with E-state index in [1.807, 2.05) is 38.1 Å². The SMILES string of the molecule is Cc1cc(Cl)ccc1N1C[C@@H](C)Oc2cc(S(=O)(=O)Cc3nccs3)ccc21. The van der Waals surface area contributed by atoms with Gasteiger partial charge in [-0.3, -0.25) is 0 Å². The van der Waals surface area contributed by atoms with Crippen molar-refractivity contribution in [1.82, 2.24) is 4.98 Å². The van der Waals surface area contributed by atoms with Crippen LogP contribution in [-0.2, 0) is 15.6 Å². The number of hydrogen-bond donors (Lipinski definition) is 0. The number of hydrogen-bond acceptors (Lipinski definition) is 6. The minimum atomic E-state index is -3.50. The Hall–Kier alpha value is -2.09. The van der Waals surface area contributed by atoms with Gasteiger partial charge in [-0.15, -0.1) is 11.3 Å². The predicted molar refractivity (Wildman–Crippen MR) is 113 cm³/mol. The van der Waals surface area contributed by atoms with Gasteiger partial charge in [-0.05, 0) is 49.7 Å². The summed E-state index contributed by atoms with van der Waals surface area (Å²) in [6.45, 7) is 4.65. The van der Waals surface area contributed by atoms with E-state index < -0.39 is 9.84 Å². The van der Waals surface area contributed by atoms with Gasteiger partial charge in [0, 0.05) is 28.4 Å². The van der Waals surface area contributed by atoms with Gasteiger partial charge in [0.25, 0.3) is 0 Å². The van der Waals surface area contributed by atoms with Crippen molar-refractivity contribution in [3.05, 3.63) is 63.6 Å². The van der Waals surface area contributed by atoms with Crippen molar-refractivity contribution < 1.29 is 13.2 Å². The van der Waals surface area contributed by atoms with Crippen molar-refractivity contribution in [2.45, 2.75) is 30.6 Å². The Morgan fingerprint density at radius 1 is 1.25 bits per heavy atom. The second kappa shape index (κ2) is 7.39. The highest BCUT2D eigenvalue weighted by molar-refractivity contribution is 7.90. The minimum Gasteiger partial charge on any atom is -0.487 e. The molecule has 28 heavy (non-hydrogen) atoms. The lowest BCUT2D eigenvalue weighted by molar-refractivity contribution is 0.217. The van der Waals surface area contributed by atoms with Crippen LogP contribution >= 0.6 is 22.9 Å². The molecule has 1 aliphatic heterocycles. The van der Waals surface area contributed by atoms with Gasteiger partial charge in [0.15, 0.2) is 9.84 Å². The predicted octanol–water partition coefficient (Wildman–Crippen LogP) is 5.00. The van der Waals surface area contributed by atoms with Crippen LogP contribution in [-0.4, -0.2) is 26.1 Å². The number of rotatable bonds is 4. The highest BCUT2D eigenvalue weighted by Gasteiger charge is 2.27. The van der Waals surface area contributed by atoms with Gasteiger partial charge in [-0.2, -0.15) is 0 Å². The zero-order chi connectivity index (χ0) is 19.9. The van der Waals surface area contributed by atoms with E-state index >= 15 is 0 Å². The van der Waals surface area contributed by atoms with Crippen LogP contribution in [0.25, 0.3) is 0 Å². The monoisotopic (exact) mass is 434 g/mol. The first kappa shape index (κ1) is 19.2. The first-order valence-corrected chi connectivity index (χ1v) is 11.7. The number of nitrogens with zero attached hydrogens (tertiary/aromatic N) is 2.